The summed E-state index contributed by atoms with van der Waals surface area (Å²) in [6.07, 6.45) is 3.93. The maximum Gasteiger partial charge on any atom is 0.325 e. The van der Waals surface area contributed by atoms with E-state index in [0.29, 0.717) is 0 Å². The molecule has 0 heterocycles. The van der Waals surface area contributed by atoms with Crippen molar-refractivity contribution in [1.29, 1.82) is 0 Å². The molecule has 0 bridgehead atoms. The molecule has 0 aromatic carbocycles. The second kappa shape index (κ2) is 5.74. The van der Waals surface area contributed by atoms with Gasteiger partial charge in [0.1, 0.15) is 0 Å². The van der Waals surface area contributed by atoms with Crippen LogP contribution in [0.25, 0.3) is 0 Å². The minimum absolute atomic E-state index is 0.0642. The zero-order chi connectivity index (χ0) is 9.61. The van der Waals surface area contributed by atoms with E-state index in [4.69, 9.17) is 9.79 Å². The van der Waals surface area contributed by atoms with Crippen molar-refractivity contribution < 1.29 is 14.4 Å². The zero-order valence-electron chi connectivity index (χ0n) is 7.86. The van der Waals surface area contributed by atoms with E-state index in [1.54, 1.807) is 0 Å². The van der Waals surface area contributed by atoms with E-state index in [9.17, 15) is 4.57 Å². The van der Waals surface area contributed by atoms with Gasteiger partial charge in [0.25, 0.3) is 0 Å². The largest absolute Gasteiger partial charge is 0.325 e. The first kappa shape index (κ1) is 12.2. The lowest BCUT2D eigenvalue weighted by Gasteiger charge is -2.15. The Morgan fingerprint density at radius 1 is 1.17 bits per heavy atom. The molecule has 0 rings (SSSR count). The van der Waals surface area contributed by atoms with Gasteiger partial charge in [0.2, 0.25) is 0 Å². The molecule has 0 aromatic rings. The van der Waals surface area contributed by atoms with Gasteiger partial charge in [-0.1, -0.05) is 39.5 Å². The van der Waals surface area contributed by atoms with Gasteiger partial charge >= 0.3 is 7.60 Å². The summed E-state index contributed by atoms with van der Waals surface area (Å²) in [4.78, 5) is 17.5. The molecule has 0 fully saturated rings. The molecule has 0 unspecified atom stereocenters. The quantitative estimate of drug-likeness (QED) is 0.638. The van der Waals surface area contributed by atoms with Gasteiger partial charge in [0.05, 0.1) is 6.16 Å². The van der Waals surface area contributed by atoms with E-state index in [1.807, 2.05) is 13.8 Å². The van der Waals surface area contributed by atoms with Crippen molar-refractivity contribution in [2.24, 2.45) is 5.92 Å². The normalized spacial score (nSPS) is 12.4. The van der Waals surface area contributed by atoms with Gasteiger partial charge in [0, 0.05) is 0 Å². The van der Waals surface area contributed by atoms with Crippen molar-refractivity contribution >= 4 is 7.60 Å². The summed E-state index contributed by atoms with van der Waals surface area (Å²) < 4.78 is 10.7. The molecule has 0 aliphatic carbocycles. The minimum Gasteiger partial charge on any atom is -0.324 e. The summed E-state index contributed by atoms with van der Waals surface area (Å²) in [5.74, 6) is 0.209. The molecule has 0 saturated carbocycles. The lowest BCUT2D eigenvalue weighted by molar-refractivity contribution is 0.352. The van der Waals surface area contributed by atoms with Gasteiger partial charge in [-0.3, -0.25) is 4.57 Å². The second-order valence-electron chi connectivity index (χ2n) is 3.29. The highest BCUT2D eigenvalue weighted by Crippen LogP contribution is 2.39. The third kappa shape index (κ3) is 6.84. The van der Waals surface area contributed by atoms with Crippen LogP contribution in [0, 0.1) is 5.92 Å². The lowest BCUT2D eigenvalue weighted by atomic mass is 10.0. The highest BCUT2D eigenvalue weighted by molar-refractivity contribution is 7.51. The summed E-state index contributed by atoms with van der Waals surface area (Å²) >= 11 is 0. The van der Waals surface area contributed by atoms with Crippen LogP contribution in [0.5, 0.6) is 0 Å². The molecule has 12 heavy (non-hydrogen) atoms. The smallest absolute Gasteiger partial charge is 0.324 e. The van der Waals surface area contributed by atoms with Crippen molar-refractivity contribution in [3.8, 4) is 0 Å². The highest BCUT2D eigenvalue weighted by atomic mass is 31.2. The third-order valence-electron chi connectivity index (χ3n) is 1.89. The Hall–Kier alpha value is 0.150. The fourth-order valence-corrected chi connectivity index (χ4v) is 2.52. The van der Waals surface area contributed by atoms with Crippen LogP contribution >= 0.6 is 7.60 Å². The topological polar surface area (TPSA) is 57.5 Å². The van der Waals surface area contributed by atoms with Gasteiger partial charge in [0.15, 0.2) is 0 Å². The van der Waals surface area contributed by atoms with Crippen LogP contribution in [-0.2, 0) is 4.57 Å². The Bertz CT molecular complexity index is 146. The molecule has 0 aliphatic heterocycles. The number of hydrogen-bond acceptors (Lipinski definition) is 1. The molecule has 0 saturated heterocycles. The number of hydrogen-bond donors (Lipinski definition) is 2. The van der Waals surface area contributed by atoms with Crippen molar-refractivity contribution in [2.75, 3.05) is 6.16 Å². The average molecular weight is 194 g/mol. The first-order chi connectivity index (χ1) is 5.49. The van der Waals surface area contributed by atoms with Gasteiger partial charge in [-0.05, 0) is 5.92 Å². The first-order valence-electron chi connectivity index (χ1n) is 4.54. The summed E-state index contributed by atoms with van der Waals surface area (Å²) in [5.41, 5.74) is 0. The SMILES string of the molecule is CCCC(CCC)CP(=O)(O)O. The molecule has 0 amide bonds. The Morgan fingerprint density at radius 2 is 1.58 bits per heavy atom. The molecule has 0 atom stereocenters. The second-order valence-corrected chi connectivity index (χ2v) is 4.99. The Balaban J connectivity index is 3.86. The molecular formula is C8H19O3P. The van der Waals surface area contributed by atoms with Crippen molar-refractivity contribution in [3.63, 3.8) is 0 Å². The highest BCUT2D eigenvalue weighted by Gasteiger charge is 2.19. The first-order valence-corrected chi connectivity index (χ1v) is 6.34. The van der Waals surface area contributed by atoms with E-state index < -0.39 is 7.60 Å². The van der Waals surface area contributed by atoms with Crippen molar-refractivity contribution in [3.05, 3.63) is 0 Å². The molecule has 74 valence electrons. The Kier molecular flexibility index (Phi) is 5.81. The zero-order valence-corrected chi connectivity index (χ0v) is 8.76. The molecule has 0 radical (unpaired) electrons. The van der Waals surface area contributed by atoms with E-state index in [0.717, 1.165) is 25.7 Å². The van der Waals surface area contributed by atoms with Crippen LogP contribution in [0.2, 0.25) is 0 Å². The van der Waals surface area contributed by atoms with Gasteiger partial charge in [-0.15, -0.1) is 0 Å². The fourth-order valence-electron chi connectivity index (χ4n) is 1.48. The van der Waals surface area contributed by atoms with Crippen molar-refractivity contribution in [2.45, 2.75) is 39.5 Å². The predicted octanol–water partition coefficient (Wildman–Crippen LogP) is 2.38. The predicted molar refractivity (Wildman–Crippen MR) is 50.2 cm³/mol. The summed E-state index contributed by atoms with van der Waals surface area (Å²) in [5, 5.41) is 0. The van der Waals surface area contributed by atoms with E-state index in [2.05, 4.69) is 0 Å². The van der Waals surface area contributed by atoms with Crippen LogP contribution in [-0.4, -0.2) is 15.9 Å². The summed E-state index contributed by atoms with van der Waals surface area (Å²) in [6.45, 7) is 4.09. The molecule has 0 aromatic heterocycles. The molecule has 0 aliphatic rings. The van der Waals surface area contributed by atoms with Crippen LogP contribution in [0.15, 0.2) is 0 Å². The maximum atomic E-state index is 10.7. The summed E-state index contributed by atoms with van der Waals surface area (Å²) in [7, 11) is -3.78. The summed E-state index contributed by atoms with van der Waals surface area (Å²) in [6, 6.07) is 0. The van der Waals surface area contributed by atoms with Crippen LogP contribution in [0.3, 0.4) is 0 Å². The standard InChI is InChI=1S/C8H19O3P/c1-3-5-8(6-4-2)7-12(9,10)11/h8H,3-7H2,1-2H3,(H2,9,10,11). The molecule has 2 N–H and O–H groups in total. The fraction of sp³-hybridized carbons (Fsp3) is 1.00. The average Bonchev–Trinajstić information content (AvgIpc) is 1.84. The molecular weight excluding hydrogens is 175 g/mol. The molecule has 3 nitrogen and oxygen atoms in total. The van der Waals surface area contributed by atoms with E-state index in [-0.39, 0.29) is 12.1 Å². The van der Waals surface area contributed by atoms with Crippen LogP contribution < -0.4 is 0 Å². The van der Waals surface area contributed by atoms with Gasteiger partial charge in [-0.2, -0.15) is 0 Å². The van der Waals surface area contributed by atoms with E-state index >= 15 is 0 Å². The Morgan fingerprint density at radius 3 is 1.83 bits per heavy atom. The Labute approximate surface area is 74.3 Å². The third-order valence-corrected chi connectivity index (χ3v) is 2.88. The molecule has 0 spiro atoms. The number of rotatable bonds is 6. The van der Waals surface area contributed by atoms with E-state index in [1.165, 1.54) is 0 Å². The van der Waals surface area contributed by atoms with Gasteiger partial charge < -0.3 is 9.79 Å². The van der Waals surface area contributed by atoms with Crippen molar-refractivity contribution in [1.82, 2.24) is 0 Å². The minimum atomic E-state index is -3.78. The van der Waals surface area contributed by atoms with Crippen LogP contribution in [0.4, 0.5) is 0 Å². The van der Waals surface area contributed by atoms with Crippen LogP contribution in [0.1, 0.15) is 39.5 Å². The van der Waals surface area contributed by atoms with Gasteiger partial charge in [-0.25, -0.2) is 0 Å². The molecule has 4 heteroatoms. The lowest BCUT2D eigenvalue weighted by Crippen LogP contribution is -2.06. The maximum absolute atomic E-state index is 10.7. The monoisotopic (exact) mass is 194 g/mol.